The highest BCUT2D eigenvalue weighted by Gasteiger charge is 2.28. The summed E-state index contributed by atoms with van der Waals surface area (Å²) in [5.41, 5.74) is -0.256. The van der Waals surface area contributed by atoms with Gasteiger partial charge in [-0.05, 0) is 18.2 Å². The predicted molar refractivity (Wildman–Crippen MR) is 51.5 cm³/mol. The Hall–Kier alpha value is -1.43. The van der Waals surface area contributed by atoms with Crippen LogP contribution in [-0.2, 0) is 0 Å². The van der Waals surface area contributed by atoms with Crippen LogP contribution >= 0.6 is 11.6 Å². The van der Waals surface area contributed by atoms with Gasteiger partial charge in [-0.1, -0.05) is 11.6 Å². The van der Waals surface area contributed by atoms with E-state index < -0.39 is 24.4 Å². The second kappa shape index (κ2) is 4.61. The molecular weight excluding hydrogens is 247 g/mol. The van der Waals surface area contributed by atoms with Crippen LogP contribution in [-0.4, -0.2) is 23.7 Å². The van der Waals surface area contributed by atoms with Crippen LogP contribution in [0.4, 0.5) is 13.2 Å². The Morgan fingerprint density at radius 1 is 1.44 bits per heavy atom. The van der Waals surface area contributed by atoms with Gasteiger partial charge < -0.3 is 10.4 Å². The van der Waals surface area contributed by atoms with Gasteiger partial charge in [0.15, 0.2) is 0 Å². The van der Waals surface area contributed by atoms with E-state index in [0.29, 0.717) is 0 Å². The lowest BCUT2D eigenvalue weighted by Gasteiger charge is -2.09. The third-order valence-electron chi connectivity index (χ3n) is 1.65. The highest BCUT2D eigenvalue weighted by Crippen LogP contribution is 2.22. The number of aromatic hydroxyl groups is 1. The molecule has 0 saturated carbocycles. The molecule has 0 fully saturated rings. The minimum atomic E-state index is -4.49. The number of nitrogens with one attached hydrogen (secondary N) is 1. The first-order valence-corrected chi connectivity index (χ1v) is 4.51. The number of carbonyl (C=O) groups is 1. The minimum absolute atomic E-state index is 0.185. The van der Waals surface area contributed by atoms with Crippen molar-refractivity contribution in [1.29, 1.82) is 0 Å². The lowest BCUT2D eigenvalue weighted by Crippen LogP contribution is -2.33. The Morgan fingerprint density at radius 2 is 2.06 bits per heavy atom. The van der Waals surface area contributed by atoms with Gasteiger partial charge in [-0.25, -0.2) is 0 Å². The number of alkyl halides is 3. The van der Waals surface area contributed by atoms with E-state index in [4.69, 9.17) is 11.6 Å². The second-order valence-electron chi connectivity index (χ2n) is 2.96. The van der Waals surface area contributed by atoms with Crippen LogP contribution in [0.15, 0.2) is 18.2 Å². The smallest absolute Gasteiger partial charge is 0.405 e. The molecule has 0 heterocycles. The SMILES string of the molecule is O=C(NCC(F)(F)F)c1ccc(Cl)cc1O. The van der Waals surface area contributed by atoms with E-state index in [1.807, 2.05) is 0 Å². The first-order valence-electron chi connectivity index (χ1n) is 4.13. The summed E-state index contributed by atoms with van der Waals surface area (Å²) in [4.78, 5) is 11.2. The average molecular weight is 254 g/mol. The van der Waals surface area contributed by atoms with E-state index in [9.17, 15) is 23.1 Å². The van der Waals surface area contributed by atoms with Crippen molar-refractivity contribution in [2.75, 3.05) is 6.54 Å². The largest absolute Gasteiger partial charge is 0.507 e. The molecule has 1 aromatic carbocycles. The molecule has 0 aliphatic carbocycles. The van der Waals surface area contributed by atoms with Gasteiger partial charge in [0, 0.05) is 5.02 Å². The maximum atomic E-state index is 11.8. The average Bonchev–Trinajstić information content (AvgIpc) is 2.13. The fraction of sp³-hybridized carbons (Fsp3) is 0.222. The van der Waals surface area contributed by atoms with E-state index in [2.05, 4.69) is 0 Å². The van der Waals surface area contributed by atoms with E-state index in [1.165, 1.54) is 6.07 Å². The summed E-state index contributed by atoms with van der Waals surface area (Å²) in [7, 11) is 0. The van der Waals surface area contributed by atoms with Crippen LogP contribution in [0.1, 0.15) is 10.4 Å². The molecule has 0 atom stereocenters. The van der Waals surface area contributed by atoms with Gasteiger partial charge in [0.2, 0.25) is 0 Å². The van der Waals surface area contributed by atoms with Gasteiger partial charge in [0.1, 0.15) is 12.3 Å². The predicted octanol–water partition coefficient (Wildman–Crippen LogP) is 2.34. The molecule has 0 bridgehead atoms. The number of phenols is 1. The second-order valence-corrected chi connectivity index (χ2v) is 3.40. The van der Waals surface area contributed by atoms with E-state index in [0.717, 1.165) is 12.1 Å². The van der Waals surface area contributed by atoms with E-state index >= 15 is 0 Å². The maximum absolute atomic E-state index is 11.8. The first kappa shape index (κ1) is 12.6. The van der Waals surface area contributed by atoms with Gasteiger partial charge in [0.25, 0.3) is 5.91 Å². The number of carbonyl (C=O) groups excluding carboxylic acids is 1. The molecule has 3 nitrogen and oxygen atoms in total. The van der Waals surface area contributed by atoms with Crippen LogP contribution in [0.3, 0.4) is 0 Å². The van der Waals surface area contributed by atoms with Crippen molar-refractivity contribution in [1.82, 2.24) is 5.32 Å². The van der Waals surface area contributed by atoms with Crippen LogP contribution < -0.4 is 5.32 Å². The van der Waals surface area contributed by atoms with Crippen molar-refractivity contribution in [3.63, 3.8) is 0 Å². The summed E-state index contributed by atoms with van der Waals surface area (Å²) in [5.74, 6) is -1.47. The van der Waals surface area contributed by atoms with Crippen molar-refractivity contribution < 1.29 is 23.1 Å². The molecule has 0 aliphatic rings. The third kappa shape index (κ3) is 3.62. The molecular formula is C9H7ClF3NO2. The quantitative estimate of drug-likeness (QED) is 0.850. The molecule has 0 unspecified atom stereocenters. The fourth-order valence-electron chi connectivity index (χ4n) is 0.973. The van der Waals surface area contributed by atoms with Crippen molar-refractivity contribution >= 4 is 17.5 Å². The Labute approximate surface area is 93.8 Å². The first-order chi connectivity index (χ1) is 7.29. The number of amides is 1. The van der Waals surface area contributed by atoms with Crippen LogP contribution in [0.2, 0.25) is 5.02 Å². The molecule has 7 heteroatoms. The lowest BCUT2D eigenvalue weighted by atomic mass is 10.2. The fourth-order valence-corrected chi connectivity index (χ4v) is 1.14. The standard InChI is InChI=1S/C9H7ClF3NO2/c10-5-1-2-6(7(15)3-5)8(16)14-4-9(11,12)13/h1-3,15H,4H2,(H,14,16). The molecule has 0 aromatic heterocycles. The number of rotatable bonds is 2. The van der Waals surface area contributed by atoms with Gasteiger partial charge >= 0.3 is 6.18 Å². The van der Waals surface area contributed by atoms with Crippen LogP contribution in [0.25, 0.3) is 0 Å². The third-order valence-corrected chi connectivity index (χ3v) is 1.89. The molecule has 2 N–H and O–H groups in total. The molecule has 0 radical (unpaired) electrons. The summed E-state index contributed by atoms with van der Waals surface area (Å²) < 4.78 is 35.4. The van der Waals surface area contributed by atoms with Gasteiger partial charge in [-0.15, -0.1) is 0 Å². The monoisotopic (exact) mass is 253 g/mol. The van der Waals surface area contributed by atoms with Gasteiger partial charge in [0.05, 0.1) is 5.56 Å². The molecule has 0 spiro atoms. The number of hydrogen-bond acceptors (Lipinski definition) is 2. The molecule has 1 amide bonds. The Morgan fingerprint density at radius 3 is 2.56 bits per heavy atom. The summed E-state index contributed by atoms with van der Waals surface area (Å²) >= 11 is 5.50. The topological polar surface area (TPSA) is 49.3 Å². The summed E-state index contributed by atoms with van der Waals surface area (Å²) in [6.45, 7) is -1.45. The number of benzene rings is 1. The van der Waals surface area contributed by atoms with Crippen LogP contribution in [0, 0.1) is 0 Å². The zero-order chi connectivity index (χ0) is 12.3. The zero-order valence-corrected chi connectivity index (χ0v) is 8.56. The maximum Gasteiger partial charge on any atom is 0.405 e. The number of phenolic OH excluding ortho intramolecular Hbond substituents is 1. The molecule has 0 aliphatic heterocycles. The Kier molecular flexibility index (Phi) is 3.64. The van der Waals surface area contributed by atoms with Crippen molar-refractivity contribution in [2.24, 2.45) is 0 Å². The summed E-state index contributed by atoms with van der Waals surface area (Å²) in [6, 6.07) is 3.51. The highest BCUT2D eigenvalue weighted by molar-refractivity contribution is 6.30. The van der Waals surface area contributed by atoms with E-state index in [1.54, 1.807) is 5.32 Å². The van der Waals surface area contributed by atoms with Crippen molar-refractivity contribution in [3.8, 4) is 5.75 Å². The van der Waals surface area contributed by atoms with Gasteiger partial charge in [-0.3, -0.25) is 4.79 Å². The number of halogens is 4. The Bertz CT molecular complexity index is 406. The molecule has 0 saturated heterocycles. The van der Waals surface area contributed by atoms with Gasteiger partial charge in [-0.2, -0.15) is 13.2 Å². The molecule has 1 rings (SSSR count). The summed E-state index contributed by atoms with van der Waals surface area (Å²) in [5, 5.41) is 11.1. The molecule has 88 valence electrons. The summed E-state index contributed by atoms with van der Waals surface area (Å²) in [6.07, 6.45) is -4.49. The van der Waals surface area contributed by atoms with Crippen molar-refractivity contribution in [2.45, 2.75) is 6.18 Å². The zero-order valence-electron chi connectivity index (χ0n) is 7.81. The van der Waals surface area contributed by atoms with Crippen molar-refractivity contribution in [3.05, 3.63) is 28.8 Å². The lowest BCUT2D eigenvalue weighted by molar-refractivity contribution is -0.123. The van der Waals surface area contributed by atoms with Crippen LogP contribution in [0.5, 0.6) is 5.75 Å². The van der Waals surface area contributed by atoms with E-state index in [-0.39, 0.29) is 10.6 Å². The highest BCUT2D eigenvalue weighted by atomic mass is 35.5. The molecule has 16 heavy (non-hydrogen) atoms. The Balaban J connectivity index is 2.74. The minimum Gasteiger partial charge on any atom is -0.507 e. The molecule has 1 aromatic rings. The number of hydrogen-bond donors (Lipinski definition) is 2. The normalized spacial score (nSPS) is 11.2.